The Kier molecular flexibility index (Phi) is 7.82. The molecule has 152 valence electrons. The Morgan fingerprint density at radius 1 is 1.22 bits per heavy atom. The lowest BCUT2D eigenvalue weighted by molar-refractivity contribution is 0.0700. The van der Waals surface area contributed by atoms with Crippen LogP contribution in [0.5, 0.6) is 0 Å². The van der Waals surface area contributed by atoms with Gasteiger partial charge in [0.05, 0.1) is 18.1 Å². The lowest BCUT2D eigenvalue weighted by Crippen LogP contribution is -2.41. The number of unbranched alkanes of at least 4 members (excludes halogenated alkanes) is 2. The highest BCUT2D eigenvalue weighted by molar-refractivity contribution is 7.89. The standard InChI is InChI=1S/C20H32N2O4S/c1-5-6-7-10-22(16(2)3)20(23)19-15-18(9-8-17(19)4)27(24,25)21-11-13-26-14-12-21/h8-9,15-16H,5-7,10-14H2,1-4H3. The van der Waals surface area contributed by atoms with E-state index in [9.17, 15) is 13.2 Å². The molecular formula is C20H32N2O4S. The van der Waals surface area contributed by atoms with Gasteiger partial charge in [0.15, 0.2) is 0 Å². The molecule has 1 saturated heterocycles. The smallest absolute Gasteiger partial charge is 0.254 e. The second kappa shape index (κ2) is 9.66. The van der Waals surface area contributed by atoms with Crippen LogP contribution in [0.2, 0.25) is 0 Å². The van der Waals surface area contributed by atoms with E-state index in [1.807, 2.05) is 25.7 Å². The Hall–Kier alpha value is -1.44. The molecule has 1 amide bonds. The van der Waals surface area contributed by atoms with Gasteiger partial charge in [0.1, 0.15) is 0 Å². The summed E-state index contributed by atoms with van der Waals surface area (Å²) in [5.74, 6) is -0.0994. The molecule has 0 atom stereocenters. The topological polar surface area (TPSA) is 66.9 Å². The number of amides is 1. The zero-order chi connectivity index (χ0) is 20.0. The monoisotopic (exact) mass is 396 g/mol. The van der Waals surface area contributed by atoms with Crippen molar-refractivity contribution in [3.05, 3.63) is 29.3 Å². The van der Waals surface area contributed by atoms with Crippen LogP contribution in [0.4, 0.5) is 0 Å². The molecule has 1 aliphatic heterocycles. The molecule has 1 aromatic rings. The summed E-state index contributed by atoms with van der Waals surface area (Å²) < 4.78 is 32.5. The molecule has 0 unspecified atom stereocenters. The van der Waals surface area contributed by atoms with Gasteiger partial charge < -0.3 is 9.64 Å². The molecule has 6 nitrogen and oxygen atoms in total. The van der Waals surface area contributed by atoms with Gasteiger partial charge in [0.25, 0.3) is 5.91 Å². The van der Waals surface area contributed by atoms with Crippen molar-refractivity contribution in [1.82, 2.24) is 9.21 Å². The molecule has 1 fully saturated rings. The summed E-state index contributed by atoms with van der Waals surface area (Å²) in [7, 11) is -3.62. The van der Waals surface area contributed by atoms with Crippen molar-refractivity contribution >= 4 is 15.9 Å². The summed E-state index contributed by atoms with van der Waals surface area (Å²) in [6.07, 6.45) is 3.11. The maximum atomic E-state index is 13.2. The second-order valence-corrected chi connectivity index (χ2v) is 9.23. The number of morpholine rings is 1. The largest absolute Gasteiger partial charge is 0.379 e. The number of ether oxygens (including phenoxy) is 1. The third-order valence-corrected chi connectivity index (χ3v) is 6.83. The van der Waals surface area contributed by atoms with Crippen LogP contribution < -0.4 is 0 Å². The fourth-order valence-electron chi connectivity index (χ4n) is 3.21. The number of carbonyl (C=O) groups excluding carboxylic acids is 1. The summed E-state index contributed by atoms with van der Waals surface area (Å²) in [6.45, 7) is 10.1. The minimum Gasteiger partial charge on any atom is -0.379 e. The summed E-state index contributed by atoms with van der Waals surface area (Å²) in [5.41, 5.74) is 1.26. The van der Waals surface area contributed by atoms with E-state index in [1.54, 1.807) is 12.1 Å². The summed E-state index contributed by atoms with van der Waals surface area (Å²) in [5, 5.41) is 0. The highest BCUT2D eigenvalue weighted by atomic mass is 32.2. The van der Waals surface area contributed by atoms with Crippen molar-refractivity contribution in [1.29, 1.82) is 0 Å². The van der Waals surface area contributed by atoms with Crippen LogP contribution >= 0.6 is 0 Å². The molecule has 1 aromatic carbocycles. The molecule has 0 aromatic heterocycles. The second-order valence-electron chi connectivity index (χ2n) is 7.29. The molecule has 0 N–H and O–H groups in total. The first-order valence-corrected chi connectivity index (χ1v) is 11.2. The molecule has 0 aliphatic carbocycles. The minimum atomic E-state index is -3.62. The fraction of sp³-hybridized carbons (Fsp3) is 0.650. The van der Waals surface area contributed by atoms with E-state index in [-0.39, 0.29) is 16.8 Å². The van der Waals surface area contributed by atoms with Crippen molar-refractivity contribution in [2.24, 2.45) is 0 Å². The highest BCUT2D eigenvalue weighted by Gasteiger charge is 2.28. The molecule has 2 rings (SSSR count). The molecular weight excluding hydrogens is 364 g/mol. The van der Waals surface area contributed by atoms with Gasteiger partial charge in [-0.15, -0.1) is 0 Å². The number of aryl methyl sites for hydroxylation is 1. The van der Waals surface area contributed by atoms with Gasteiger partial charge >= 0.3 is 0 Å². The van der Waals surface area contributed by atoms with E-state index >= 15 is 0 Å². The molecule has 0 radical (unpaired) electrons. The van der Waals surface area contributed by atoms with Crippen LogP contribution in [0.25, 0.3) is 0 Å². The van der Waals surface area contributed by atoms with E-state index in [4.69, 9.17) is 4.74 Å². The summed E-state index contributed by atoms with van der Waals surface area (Å²) in [6, 6.07) is 4.92. The SMILES string of the molecule is CCCCCN(C(=O)c1cc(S(=O)(=O)N2CCOCC2)ccc1C)C(C)C. The number of nitrogens with zero attached hydrogens (tertiary/aromatic N) is 2. The first-order valence-electron chi connectivity index (χ1n) is 9.78. The van der Waals surface area contributed by atoms with Crippen LogP contribution in [-0.2, 0) is 14.8 Å². The van der Waals surface area contributed by atoms with Crippen molar-refractivity contribution in [3.63, 3.8) is 0 Å². The van der Waals surface area contributed by atoms with Crippen molar-refractivity contribution < 1.29 is 17.9 Å². The zero-order valence-electron chi connectivity index (χ0n) is 16.9. The van der Waals surface area contributed by atoms with Crippen LogP contribution in [0.3, 0.4) is 0 Å². The highest BCUT2D eigenvalue weighted by Crippen LogP contribution is 2.22. The number of rotatable bonds is 8. The van der Waals surface area contributed by atoms with Gasteiger partial charge in [0, 0.05) is 31.2 Å². The molecule has 0 saturated carbocycles. The van der Waals surface area contributed by atoms with Gasteiger partial charge in [-0.3, -0.25) is 4.79 Å². The van der Waals surface area contributed by atoms with Crippen LogP contribution in [-0.4, -0.2) is 62.4 Å². The van der Waals surface area contributed by atoms with Gasteiger partial charge in [-0.2, -0.15) is 4.31 Å². The normalized spacial score (nSPS) is 15.9. The predicted molar refractivity (Wildman–Crippen MR) is 106 cm³/mol. The zero-order valence-corrected chi connectivity index (χ0v) is 17.7. The van der Waals surface area contributed by atoms with Crippen molar-refractivity contribution in [3.8, 4) is 0 Å². The number of benzene rings is 1. The first kappa shape index (κ1) is 21.9. The van der Waals surface area contributed by atoms with Gasteiger partial charge in [-0.1, -0.05) is 25.8 Å². The number of hydrogen-bond acceptors (Lipinski definition) is 4. The Morgan fingerprint density at radius 2 is 1.89 bits per heavy atom. The Labute approximate surface area is 163 Å². The van der Waals surface area contributed by atoms with Crippen molar-refractivity contribution in [2.45, 2.75) is 57.9 Å². The maximum Gasteiger partial charge on any atom is 0.254 e. The fourth-order valence-corrected chi connectivity index (χ4v) is 4.64. The average Bonchev–Trinajstić information content (AvgIpc) is 2.65. The Morgan fingerprint density at radius 3 is 2.48 bits per heavy atom. The first-order chi connectivity index (χ1) is 12.8. The van der Waals surface area contributed by atoms with Gasteiger partial charge in [0.2, 0.25) is 10.0 Å². The Balaban J connectivity index is 2.31. The summed E-state index contributed by atoms with van der Waals surface area (Å²) >= 11 is 0. The number of carbonyl (C=O) groups is 1. The molecule has 1 heterocycles. The van der Waals surface area contributed by atoms with Crippen LogP contribution in [0.1, 0.15) is 56.0 Å². The minimum absolute atomic E-state index is 0.0632. The van der Waals surface area contributed by atoms with Crippen LogP contribution in [0, 0.1) is 6.92 Å². The lowest BCUT2D eigenvalue weighted by atomic mass is 10.1. The molecule has 0 spiro atoms. The lowest BCUT2D eigenvalue weighted by Gasteiger charge is -2.28. The van der Waals surface area contributed by atoms with Gasteiger partial charge in [-0.25, -0.2) is 8.42 Å². The molecule has 7 heteroatoms. The maximum absolute atomic E-state index is 13.2. The third-order valence-electron chi connectivity index (χ3n) is 4.93. The van der Waals surface area contributed by atoms with Crippen LogP contribution in [0.15, 0.2) is 23.1 Å². The molecule has 1 aliphatic rings. The molecule has 27 heavy (non-hydrogen) atoms. The van der Waals surface area contributed by atoms with E-state index in [2.05, 4.69) is 6.92 Å². The number of sulfonamides is 1. The molecule has 0 bridgehead atoms. The van der Waals surface area contributed by atoms with E-state index in [0.29, 0.717) is 38.4 Å². The predicted octanol–water partition coefficient (Wildman–Crippen LogP) is 3.06. The van der Waals surface area contributed by atoms with Gasteiger partial charge in [-0.05, 0) is 44.9 Å². The average molecular weight is 397 g/mol. The van der Waals surface area contributed by atoms with E-state index < -0.39 is 10.0 Å². The van der Waals surface area contributed by atoms with E-state index in [1.165, 1.54) is 10.4 Å². The third kappa shape index (κ3) is 5.30. The van der Waals surface area contributed by atoms with Crippen molar-refractivity contribution in [2.75, 3.05) is 32.8 Å². The van der Waals surface area contributed by atoms with E-state index in [0.717, 1.165) is 24.8 Å². The Bertz CT molecular complexity index is 740. The number of hydrogen-bond donors (Lipinski definition) is 0. The quantitative estimate of drug-likeness (QED) is 0.634. The summed E-state index contributed by atoms with van der Waals surface area (Å²) in [4.78, 5) is 15.2.